The number of carboxylic acids is 1. The van der Waals surface area contributed by atoms with Crippen molar-refractivity contribution >= 4 is 26.1 Å². The molecule has 1 aromatic carbocycles. The van der Waals surface area contributed by atoms with Gasteiger partial charge in [-0.1, -0.05) is 46.8 Å². The van der Waals surface area contributed by atoms with E-state index in [0.717, 1.165) is 11.3 Å². The van der Waals surface area contributed by atoms with Crippen molar-refractivity contribution in [1.82, 2.24) is 15.8 Å². The van der Waals surface area contributed by atoms with E-state index >= 15 is 0 Å². The molecule has 1 aromatic rings. The molecule has 0 bridgehead atoms. The monoisotopic (exact) mass is 506 g/mol. The van der Waals surface area contributed by atoms with Crippen LogP contribution in [0.2, 0.25) is 18.1 Å². The standard InChI is InChI=1S/C25H42N4O5Si/c1-16(2)21(26)22(30)27-20(23(31)29-13-9-12-19(28-29)24(32)33)15-17-10-8-11-18(14-17)34-35(6,7)25(3,4)5/h8,10-11,14,16,19-21,28H,9,12-13,15,26H2,1-7H3,(H,27,30)(H,32,33)/t19-,20-,21-/m0/s1. The maximum atomic E-state index is 13.4. The molecular formula is C25H42N4O5Si. The van der Waals surface area contributed by atoms with Crippen LogP contribution in [0.4, 0.5) is 0 Å². The molecule has 1 heterocycles. The third kappa shape index (κ3) is 7.78. The van der Waals surface area contributed by atoms with Gasteiger partial charge in [0.15, 0.2) is 0 Å². The molecule has 1 aliphatic heterocycles. The third-order valence-corrected chi connectivity index (χ3v) is 11.3. The Bertz CT molecular complexity index is 915. The Labute approximate surface area is 209 Å². The molecule has 0 radical (unpaired) electrons. The predicted molar refractivity (Wildman–Crippen MR) is 138 cm³/mol. The molecule has 0 saturated carbocycles. The van der Waals surface area contributed by atoms with Gasteiger partial charge in [0.25, 0.3) is 5.91 Å². The van der Waals surface area contributed by atoms with Crippen LogP contribution in [0.1, 0.15) is 53.0 Å². The molecule has 9 nitrogen and oxygen atoms in total. The molecule has 2 rings (SSSR count). The smallest absolute Gasteiger partial charge is 0.322 e. The number of carbonyl (C=O) groups is 3. The van der Waals surface area contributed by atoms with Crippen LogP contribution in [0.25, 0.3) is 0 Å². The first-order valence-corrected chi connectivity index (χ1v) is 15.2. The van der Waals surface area contributed by atoms with Gasteiger partial charge in [0.05, 0.1) is 6.04 Å². The van der Waals surface area contributed by atoms with Crippen LogP contribution in [-0.2, 0) is 20.8 Å². The first-order chi connectivity index (χ1) is 16.1. The summed E-state index contributed by atoms with van der Waals surface area (Å²) in [6.45, 7) is 14.9. The number of rotatable bonds is 9. The highest BCUT2D eigenvalue weighted by Gasteiger charge is 2.39. The molecule has 35 heavy (non-hydrogen) atoms. The van der Waals surface area contributed by atoms with E-state index in [-0.39, 0.29) is 17.4 Å². The fraction of sp³-hybridized carbons (Fsp3) is 0.640. The van der Waals surface area contributed by atoms with E-state index in [0.29, 0.717) is 19.4 Å². The molecule has 196 valence electrons. The van der Waals surface area contributed by atoms with Crippen LogP contribution in [0.5, 0.6) is 5.75 Å². The van der Waals surface area contributed by atoms with E-state index in [9.17, 15) is 19.5 Å². The minimum Gasteiger partial charge on any atom is -0.543 e. The lowest BCUT2D eigenvalue weighted by atomic mass is 10.0. The normalized spacial score (nSPS) is 18.7. The number of benzene rings is 1. The highest BCUT2D eigenvalue weighted by Crippen LogP contribution is 2.37. The molecule has 1 fully saturated rings. The minimum absolute atomic E-state index is 0.0308. The molecule has 3 atom stereocenters. The third-order valence-electron chi connectivity index (χ3n) is 6.90. The number of hydrogen-bond acceptors (Lipinski definition) is 6. The highest BCUT2D eigenvalue weighted by molar-refractivity contribution is 6.74. The molecule has 2 amide bonds. The second kappa shape index (κ2) is 11.5. The van der Waals surface area contributed by atoms with Gasteiger partial charge in [-0.25, -0.2) is 5.43 Å². The van der Waals surface area contributed by atoms with Gasteiger partial charge in [-0.3, -0.25) is 19.4 Å². The van der Waals surface area contributed by atoms with Crippen LogP contribution in [0, 0.1) is 5.92 Å². The Balaban J connectivity index is 2.28. The summed E-state index contributed by atoms with van der Waals surface area (Å²) in [4.78, 5) is 37.7. The van der Waals surface area contributed by atoms with Crippen molar-refractivity contribution in [2.24, 2.45) is 11.7 Å². The van der Waals surface area contributed by atoms with Crippen molar-refractivity contribution in [3.8, 4) is 5.75 Å². The molecule has 0 unspecified atom stereocenters. The molecule has 1 saturated heterocycles. The van der Waals surface area contributed by atoms with Crippen LogP contribution in [0.3, 0.4) is 0 Å². The maximum absolute atomic E-state index is 13.4. The second-order valence-electron chi connectivity index (χ2n) is 11.2. The molecule has 10 heteroatoms. The van der Waals surface area contributed by atoms with E-state index in [1.54, 1.807) is 0 Å². The summed E-state index contributed by atoms with van der Waals surface area (Å²) in [6.07, 6.45) is 1.21. The lowest BCUT2D eigenvalue weighted by molar-refractivity contribution is -0.148. The van der Waals surface area contributed by atoms with Crippen molar-refractivity contribution in [2.75, 3.05) is 6.54 Å². The SMILES string of the molecule is CC(C)[C@H](N)C(=O)N[C@@H](Cc1cccc(O[Si](C)(C)C(C)(C)C)c1)C(=O)N1CCC[C@@H](C(=O)O)N1. The first-order valence-electron chi connectivity index (χ1n) is 12.3. The summed E-state index contributed by atoms with van der Waals surface area (Å²) in [5.41, 5.74) is 9.64. The number of carbonyl (C=O) groups excluding carboxylic acids is 2. The number of nitrogens with one attached hydrogen (secondary N) is 2. The summed E-state index contributed by atoms with van der Waals surface area (Å²) in [5, 5.41) is 13.5. The van der Waals surface area contributed by atoms with Gasteiger partial charge in [-0.2, -0.15) is 0 Å². The first kappa shape index (κ1) is 28.8. The van der Waals surface area contributed by atoms with Gasteiger partial charge in [0.2, 0.25) is 14.2 Å². The van der Waals surface area contributed by atoms with E-state index in [2.05, 4.69) is 44.6 Å². The summed E-state index contributed by atoms with van der Waals surface area (Å²) >= 11 is 0. The minimum atomic E-state index is -2.06. The Morgan fingerprint density at radius 3 is 2.51 bits per heavy atom. The zero-order valence-corrected chi connectivity index (χ0v) is 23.1. The van der Waals surface area contributed by atoms with Crippen molar-refractivity contribution in [2.45, 2.75) is 90.1 Å². The average Bonchev–Trinajstić information content (AvgIpc) is 2.76. The van der Waals surface area contributed by atoms with Crippen molar-refractivity contribution in [3.05, 3.63) is 29.8 Å². The Kier molecular flexibility index (Phi) is 9.49. The summed E-state index contributed by atoms with van der Waals surface area (Å²) in [7, 11) is -2.06. The number of hydrogen-bond donors (Lipinski definition) is 4. The summed E-state index contributed by atoms with van der Waals surface area (Å²) in [5.74, 6) is -1.20. The molecule has 5 N–H and O–H groups in total. The average molecular weight is 507 g/mol. The van der Waals surface area contributed by atoms with Crippen LogP contribution in [-0.4, -0.2) is 60.9 Å². The number of nitrogens with two attached hydrogens (primary N) is 1. The molecule has 1 aliphatic rings. The summed E-state index contributed by atoms with van der Waals surface area (Å²) in [6, 6.07) is 5.05. The predicted octanol–water partition coefficient (Wildman–Crippen LogP) is 2.66. The van der Waals surface area contributed by atoms with E-state index < -0.39 is 44.2 Å². The van der Waals surface area contributed by atoms with Crippen molar-refractivity contribution < 1.29 is 23.9 Å². The van der Waals surface area contributed by atoms with E-state index in [4.69, 9.17) is 10.2 Å². The summed E-state index contributed by atoms with van der Waals surface area (Å²) < 4.78 is 6.42. The lowest BCUT2D eigenvalue weighted by Gasteiger charge is -2.36. The topological polar surface area (TPSA) is 134 Å². The fourth-order valence-corrected chi connectivity index (χ4v) is 4.52. The van der Waals surface area contributed by atoms with Crippen LogP contribution in [0.15, 0.2) is 24.3 Å². The zero-order chi connectivity index (χ0) is 26.6. The van der Waals surface area contributed by atoms with E-state index in [1.165, 1.54) is 5.01 Å². The Morgan fingerprint density at radius 1 is 1.29 bits per heavy atom. The van der Waals surface area contributed by atoms with Gasteiger partial charge in [0, 0.05) is 13.0 Å². The van der Waals surface area contributed by atoms with Crippen molar-refractivity contribution in [1.29, 1.82) is 0 Å². The largest absolute Gasteiger partial charge is 0.543 e. The Hall–Kier alpha value is -2.43. The number of carboxylic acid groups (broad SMARTS) is 1. The van der Waals surface area contributed by atoms with Gasteiger partial charge < -0.3 is 20.6 Å². The van der Waals surface area contributed by atoms with Gasteiger partial charge in [-0.05, 0) is 54.6 Å². The number of hydrazine groups is 1. The molecule has 0 aliphatic carbocycles. The molecule has 0 spiro atoms. The van der Waals surface area contributed by atoms with Crippen LogP contribution < -0.4 is 20.9 Å². The quantitative estimate of drug-likeness (QED) is 0.378. The second-order valence-corrected chi connectivity index (χ2v) is 15.9. The number of aliphatic carboxylic acids is 1. The Morgan fingerprint density at radius 2 is 1.94 bits per heavy atom. The van der Waals surface area contributed by atoms with E-state index in [1.807, 2.05) is 38.1 Å². The molecule has 0 aromatic heterocycles. The number of nitrogens with zero attached hydrogens (tertiary/aromatic N) is 1. The van der Waals surface area contributed by atoms with Crippen molar-refractivity contribution in [3.63, 3.8) is 0 Å². The van der Waals surface area contributed by atoms with Gasteiger partial charge >= 0.3 is 5.97 Å². The zero-order valence-electron chi connectivity index (χ0n) is 22.1. The molecular weight excluding hydrogens is 464 g/mol. The highest BCUT2D eigenvalue weighted by atomic mass is 28.4. The fourth-order valence-electron chi connectivity index (χ4n) is 3.50. The number of amides is 2. The van der Waals surface area contributed by atoms with Gasteiger partial charge in [-0.15, -0.1) is 0 Å². The van der Waals surface area contributed by atoms with Gasteiger partial charge in [0.1, 0.15) is 17.8 Å². The maximum Gasteiger partial charge on any atom is 0.322 e. The van der Waals surface area contributed by atoms with Crippen LogP contribution >= 0.6 is 0 Å². The lowest BCUT2D eigenvalue weighted by Crippen LogP contribution is -2.61.